The average Bonchev–Trinajstić information content (AvgIpc) is 3.01. The van der Waals surface area contributed by atoms with E-state index < -0.39 is 29.2 Å². The van der Waals surface area contributed by atoms with Gasteiger partial charge in [0.05, 0.1) is 11.9 Å². The minimum Gasteiger partial charge on any atom is -0.481 e. The molecular formula is C20H29N5O4. The van der Waals surface area contributed by atoms with E-state index in [1.807, 2.05) is 45.0 Å². The van der Waals surface area contributed by atoms with Crippen molar-refractivity contribution in [2.75, 3.05) is 13.1 Å². The third kappa shape index (κ3) is 5.77. The number of para-hydroxylation sites is 1. The summed E-state index contributed by atoms with van der Waals surface area (Å²) in [7, 11) is 0. The van der Waals surface area contributed by atoms with E-state index in [0.29, 0.717) is 18.5 Å². The predicted molar refractivity (Wildman–Crippen MR) is 109 cm³/mol. The van der Waals surface area contributed by atoms with E-state index in [1.54, 1.807) is 4.68 Å². The molecule has 0 aliphatic rings. The molecule has 5 N–H and O–H groups in total. The lowest BCUT2D eigenvalue weighted by molar-refractivity contribution is -0.137. The van der Waals surface area contributed by atoms with Crippen LogP contribution in [0, 0.1) is 5.41 Å². The first kappa shape index (κ1) is 22.4. The van der Waals surface area contributed by atoms with Gasteiger partial charge in [-0.25, -0.2) is 0 Å². The van der Waals surface area contributed by atoms with Crippen LogP contribution in [-0.2, 0) is 16.1 Å². The van der Waals surface area contributed by atoms with E-state index in [-0.39, 0.29) is 18.7 Å². The number of fused-ring (bicyclic) bond motifs is 1. The summed E-state index contributed by atoms with van der Waals surface area (Å²) < 4.78 is 1.75. The first-order valence-corrected chi connectivity index (χ1v) is 9.61. The van der Waals surface area contributed by atoms with Gasteiger partial charge in [0.2, 0.25) is 5.91 Å². The number of nitrogens with zero attached hydrogens (tertiary/aromatic N) is 2. The lowest BCUT2D eigenvalue weighted by Gasteiger charge is -2.30. The number of carbonyl (C=O) groups excluding carboxylic acids is 2. The minimum atomic E-state index is -1.00. The van der Waals surface area contributed by atoms with Crippen molar-refractivity contribution in [2.24, 2.45) is 11.1 Å². The molecule has 2 amide bonds. The smallest absolute Gasteiger partial charge is 0.305 e. The second kappa shape index (κ2) is 9.51. The second-order valence-corrected chi connectivity index (χ2v) is 7.94. The highest BCUT2D eigenvalue weighted by Crippen LogP contribution is 2.22. The molecule has 0 fully saturated rings. The van der Waals surface area contributed by atoms with Crippen molar-refractivity contribution < 1.29 is 19.5 Å². The van der Waals surface area contributed by atoms with Crippen LogP contribution in [0.25, 0.3) is 10.9 Å². The molecule has 0 saturated heterocycles. The maximum atomic E-state index is 13.0. The van der Waals surface area contributed by atoms with Gasteiger partial charge >= 0.3 is 5.97 Å². The molecule has 29 heavy (non-hydrogen) atoms. The summed E-state index contributed by atoms with van der Waals surface area (Å²) in [6.45, 7) is 6.57. The molecule has 1 aromatic heterocycles. The van der Waals surface area contributed by atoms with Gasteiger partial charge < -0.3 is 21.5 Å². The van der Waals surface area contributed by atoms with Crippen LogP contribution < -0.4 is 16.4 Å². The van der Waals surface area contributed by atoms with Crippen LogP contribution in [0.5, 0.6) is 0 Å². The fraction of sp³-hybridized carbons (Fsp3) is 0.500. The molecule has 0 aliphatic heterocycles. The third-order valence-corrected chi connectivity index (χ3v) is 4.49. The van der Waals surface area contributed by atoms with Gasteiger partial charge in [0.1, 0.15) is 6.04 Å². The summed E-state index contributed by atoms with van der Waals surface area (Å²) in [6.07, 6.45) is 0.538. The Kier molecular flexibility index (Phi) is 7.33. The van der Waals surface area contributed by atoms with E-state index in [0.717, 1.165) is 11.9 Å². The lowest BCUT2D eigenvalue weighted by Crippen LogP contribution is -2.53. The van der Waals surface area contributed by atoms with Crippen molar-refractivity contribution >= 4 is 28.7 Å². The number of aliphatic carboxylic acids is 1. The first-order chi connectivity index (χ1) is 13.6. The summed E-state index contributed by atoms with van der Waals surface area (Å²) in [4.78, 5) is 36.3. The number of hydrogen-bond donors (Lipinski definition) is 4. The number of carbonyl (C=O) groups is 3. The summed E-state index contributed by atoms with van der Waals surface area (Å²) in [6, 6.07) is 6.55. The Labute approximate surface area is 169 Å². The zero-order chi connectivity index (χ0) is 21.6. The quantitative estimate of drug-likeness (QED) is 0.495. The van der Waals surface area contributed by atoms with E-state index in [4.69, 9.17) is 10.8 Å². The number of amides is 2. The van der Waals surface area contributed by atoms with E-state index in [2.05, 4.69) is 15.7 Å². The highest BCUT2D eigenvalue weighted by molar-refractivity contribution is 6.06. The molecule has 158 valence electrons. The van der Waals surface area contributed by atoms with E-state index in [9.17, 15) is 14.4 Å². The predicted octanol–water partition coefficient (Wildman–Crippen LogP) is 1.12. The molecular weight excluding hydrogens is 374 g/mol. The third-order valence-electron chi connectivity index (χ3n) is 4.49. The van der Waals surface area contributed by atoms with Crippen LogP contribution in [0.2, 0.25) is 0 Å². The van der Waals surface area contributed by atoms with Gasteiger partial charge in [-0.3, -0.25) is 19.1 Å². The highest BCUT2D eigenvalue weighted by atomic mass is 16.4. The van der Waals surface area contributed by atoms with Crippen LogP contribution in [-0.4, -0.2) is 51.8 Å². The van der Waals surface area contributed by atoms with Crippen LogP contribution in [0.3, 0.4) is 0 Å². The molecule has 2 aromatic rings. The van der Waals surface area contributed by atoms with Crippen molar-refractivity contribution in [3.8, 4) is 0 Å². The van der Waals surface area contributed by atoms with E-state index in [1.165, 1.54) is 0 Å². The normalized spacial score (nSPS) is 12.6. The number of carboxylic acids is 1. The monoisotopic (exact) mass is 403 g/mol. The van der Waals surface area contributed by atoms with Gasteiger partial charge in [-0.05, 0) is 24.4 Å². The van der Waals surface area contributed by atoms with Crippen LogP contribution in [0.15, 0.2) is 24.3 Å². The fourth-order valence-corrected chi connectivity index (χ4v) is 2.98. The van der Waals surface area contributed by atoms with E-state index >= 15 is 0 Å². The molecule has 1 unspecified atom stereocenters. The van der Waals surface area contributed by atoms with Gasteiger partial charge in [-0.2, -0.15) is 5.10 Å². The SMILES string of the molecule is CC(C)(C)C(NC(=O)c1nn(CCCN)c2ccccc12)C(=O)NCCC(=O)O. The molecule has 2 rings (SSSR count). The number of aryl methyl sites for hydroxylation is 1. The van der Waals surface area contributed by atoms with Crippen molar-refractivity contribution in [1.29, 1.82) is 0 Å². The van der Waals surface area contributed by atoms with Crippen LogP contribution in [0.1, 0.15) is 44.1 Å². The maximum Gasteiger partial charge on any atom is 0.305 e. The summed E-state index contributed by atoms with van der Waals surface area (Å²) in [5.74, 6) is -1.89. The van der Waals surface area contributed by atoms with Crippen molar-refractivity contribution in [3.63, 3.8) is 0 Å². The van der Waals surface area contributed by atoms with Crippen LogP contribution >= 0.6 is 0 Å². The Balaban J connectivity index is 2.25. The number of nitrogens with two attached hydrogens (primary N) is 1. The molecule has 9 heteroatoms. The number of benzene rings is 1. The van der Waals surface area contributed by atoms with Gasteiger partial charge in [0.25, 0.3) is 5.91 Å². The van der Waals surface area contributed by atoms with Gasteiger partial charge in [-0.1, -0.05) is 39.0 Å². The molecule has 1 aromatic carbocycles. The molecule has 0 spiro atoms. The number of aromatic nitrogens is 2. The summed E-state index contributed by atoms with van der Waals surface area (Å²) in [5.41, 5.74) is 6.07. The van der Waals surface area contributed by atoms with Crippen molar-refractivity contribution in [2.45, 2.75) is 46.2 Å². The molecule has 1 atom stereocenters. The maximum absolute atomic E-state index is 13.0. The largest absolute Gasteiger partial charge is 0.481 e. The standard InChI is InChI=1S/C20H29N5O4/c1-20(2,3)17(19(29)22-11-9-15(26)27)23-18(28)16-13-7-4-5-8-14(13)25(24-16)12-6-10-21/h4-5,7-8,17H,6,9-12,21H2,1-3H3,(H,22,29)(H,23,28)(H,26,27). The molecule has 0 bridgehead atoms. The van der Waals surface area contributed by atoms with Gasteiger partial charge in [0.15, 0.2) is 5.69 Å². The Bertz CT molecular complexity index is 885. The lowest BCUT2D eigenvalue weighted by atomic mass is 9.86. The molecule has 0 saturated carbocycles. The Morgan fingerprint density at radius 1 is 1.24 bits per heavy atom. The van der Waals surface area contributed by atoms with Crippen LogP contribution in [0.4, 0.5) is 0 Å². The summed E-state index contributed by atoms with van der Waals surface area (Å²) >= 11 is 0. The molecule has 0 radical (unpaired) electrons. The molecule has 1 heterocycles. The fourth-order valence-electron chi connectivity index (χ4n) is 2.98. The minimum absolute atomic E-state index is 0.00668. The highest BCUT2D eigenvalue weighted by Gasteiger charge is 2.34. The van der Waals surface area contributed by atoms with Gasteiger partial charge in [-0.15, -0.1) is 0 Å². The number of carboxylic acid groups (broad SMARTS) is 1. The number of nitrogens with one attached hydrogen (secondary N) is 2. The Morgan fingerprint density at radius 2 is 1.93 bits per heavy atom. The molecule has 9 nitrogen and oxygen atoms in total. The zero-order valence-corrected chi connectivity index (χ0v) is 17.1. The second-order valence-electron chi connectivity index (χ2n) is 7.94. The van der Waals surface area contributed by atoms with Crippen molar-refractivity contribution in [1.82, 2.24) is 20.4 Å². The number of rotatable bonds is 9. The topological polar surface area (TPSA) is 139 Å². The average molecular weight is 403 g/mol. The Morgan fingerprint density at radius 3 is 2.55 bits per heavy atom. The summed E-state index contributed by atoms with van der Waals surface area (Å²) in [5, 5.41) is 19.2. The van der Waals surface area contributed by atoms with Crippen molar-refractivity contribution in [3.05, 3.63) is 30.0 Å². The van der Waals surface area contributed by atoms with Gasteiger partial charge in [0, 0.05) is 18.5 Å². The molecule has 0 aliphatic carbocycles. The first-order valence-electron chi connectivity index (χ1n) is 9.61. The Hall–Kier alpha value is -2.94. The zero-order valence-electron chi connectivity index (χ0n) is 17.1. The number of hydrogen-bond acceptors (Lipinski definition) is 5.